The summed E-state index contributed by atoms with van der Waals surface area (Å²) >= 11 is 0. The summed E-state index contributed by atoms with van der Waals surface area (Å²) in [6.07, 6.45) is 0.977. The fraction of sp³-hybridized carbons (Fsp3) is 0.176. The van der Waals surface area contributed by atoms with E-state index in [1.807, 2.05) is 0 Å². The average Bonchev–Trinajstić information content (AvgIpc) is 2.64. The minimum atomic E-state index is -0.774. The molecule has 0 amide bonds. The van der Waals surface area contributed by atoms with Crippen LogP contribution in [0.5, 0.6) is 23.1 Å². The molecule has 0 unspecified atom stereocenters. The molecule has 8 heteroatoms. The van der Waals surface area contributed by atoms with E-state index in [0.29, 0.717) is 17.0 Å². The van der Waals surface area contributed by atoms with E-state index >= 15 is 0 Å². The Bertz CT molecular complexity index is 935. The number of fused-ring (bicyclic) bond motifs is 1. The van der Waals surface area contributed by atoms with Gasteiger partial charge in [0.15, 0.2) is 28.9 Å². The number of hydrogen-bond acceptors (Lipinski definition) is 6. The number of benzene rings is 1. The standard InChI is InChI=1S/C17H15F2N3O3/c1-20-9-4-5-13(10(18)6-9)25-16-11(19)8-21-12-7-14(23-2)17(24-3)22-15(12)16/h4-8,20H,1-3H3. The van der Waals surface area contributed by atoms with Crippen molar-refractivity contribution in [3.8, 4) is 23.1 Å². The van der Waals surface area contributed by atoms with Gasteiger partial charge in [0.1, 0.15) is 5.52 Å². The van der Waals surface area contributed by atoms with Crippen LogP contribution in [0.1, 0.15) is 0 Å². The lowest BCUT2D eigenvalue weighted by molar-refractivity contribution is 0.344. The number of aromatic nitrogens is 2. The zero-order chi connectivity index (χ0) is 18.0. The third-order valence-corrected chi connectivity index (χ3v) is 3.53. The zero-order valence-electron chi connectivity index (χ0n) is 13.8. The number of ether oxygens (including phenoxy) is 3. The molecular formula is C17H15F2N3O3. The lowest BCUT2D eigenvalue weighted by Gasteiger charge is -2.12. The molecule has 6 nitrogen and oxygen atoms in total. The molecule has 1 N–H and O–H groups in total. The number of pyridine rings is 2. The fourth-order valence-electron chi connectivity index (χ4n) is 2.27. The van der Waals surface area contributed by atoms with E-state index in [-0.39, 0.29) is 22.9 Å². The van der Waals surface area contributed by atoms with Gasteiger partial charge in [-0.2, -0.15) is 0 Å². The first-order valence-electron chi connectivity index (χ1n) is 7.29. The number of halogens is 2. The molecule has 3 aromatic rings. The second-order valence-electron chi connectivity index (χ2n) is 5.00. The Balaban J connectivity index is 2.13. The van der Waals surface area contributed by atoms with Gasteiger partial charge < -0.3 is 19.5 Å². The third-order valence-electron chi connectivity index (χ3n) is 3.53. The first-order valence-corrected chi connectivity index (χ1v) is 7.29. The van der Waals surface area contributed by atoms with Gasteiger partial charge in [-0.3, -0.25) is 4.98 Å². The monoisotopic (exact) mass is 347 g/mol. The first kappa shape index (κ1) is 16.7. The fourth-order valence-corrected chi connectivity index (χ4v) is 2.27. The molecule has 0 saturated heterocycles. The highest BCUT2D eigenvalue weighted by Gasteiger charge is 2.18. The molecule has 0 aliphatic rings. The van der Waals surface area contributed by atoms with Crippen LogP contribution in [-0.4, -0.2) is 31.2 Å². The van der Waals surface area contributed by atoms with Gasteiger partial charge in [0.05, 0.1) is 25.9 Å². The zero-order valence-corrected chi connectivity index (χ0v) is 13.8. The summed E-state index contributed by atoms with van der Waals surface area (Å²) in [5, 5.41) is 2.81. The van der Waals surface area contributed by atoms with Crippen LogP contribution in [0.2, 0.25) is 0 Å². The minimum Gasteiger partial charge on any atom is -0.491 e. The van der Waals surface area contributed by atoms with Crippen molar-refractivity contribution < 1.29 is 23.0 Å². The molecule has 0 fully saturated rings. The number of nitrogens with one attached hydrogen (secondary N) is 1. The SMILES string of the molecule is CNc1ccc(Oc2c(F)cnc3cc(OC)c(OC)nc23)c(F)c1. The van der Waals surface area contributed by atoms with Gasteiger partial charge in [-0.25, -0.2) is 13.8 Å². The number of rotatable bonds is 5. The molecule has 0 atom stereocenters. The molecule has 1 aromatic carbocycles. The maximum absolute atomic E-state index is 14.3. The lowest BCUT2D eigenvalue weighted by Crippen LogP contribution is -1.99. The summed E-state index contributed by atoms with van der Waals surface area (Å²) < 4.78 is 44.1. The Hall–Kier alpha value is -3.16. The normalized spacial score (nSPS) is 10.6. The summed E-state index contributed by atoms with van der Waals surface area (Å²) in [4.78, 5) is 8.14. The largest absolute Gasteiger partial charge is 0.491 e. The molecular weight excluding hydrogens is 332 g/mol. The highest BCUT2D eigenvalue weighted by Crippen LogP contribution is 2.36. The van der Waals surface area contributed by atoms with Crippen molar-refractivity contribution in [3.05, 3.63) is 42.1 Å². The van der Waals surface area contributed by atoms with Crippen molar-refractivity contribution in [1.82, 2.24) is 9.97 Å². The van der Waals surface area contributed by atoms with Crippen LogP contribution < -0.4 is 19.5 Å². The molecule has 0 aliphatic heterocycles. The van der Waals surface area contributed by atoms with Gasteiger partial charge in [-0.1, -0.05) is 0 Å². The van der Waals surface area contributed by atoms with Crippen molar-refractivity contribution >= 4 is 16.7 Å². The van der Waals surface area contributed by atoms with E-state index in [4.69, 9.17) is 14.2 Å². The number of nitrogens with zero attached hydrogens (tertiary/aromatic N) is 2. The summed E-state index contributed by atoms with van der Waals surface area (Å²) in [6.45, 7) is 0. The Labute approximate surface area is 142 Å². The lowest BCUT2D eigenvalue weighted by atomic mass is 10.2. The summed E-state index contributed by atoms with van der Waals surface area (Å²) in [6, 6.07) is 5.78. The topological polar surface area (TPSA) is 65.5 Å². The van der Waals surface area contributed by atoms with Crippen molar-refractivity contribution in [1.29, 1.82) is 0 Å². The minimum absolute atomic E-state index is 0.0924. The first-order chi connectivity index (χ1) is 12.1. The summed E-state index contributed by atoms with van der Waals surface area (Å²) in [7, 11) is 4.51. The molecule has 0 spiro atoms. The smallest absolute Gasteiger partial charge is 0.257 e. The van der Waals surface area contributed by atoms with Crippen LogP contribution in [0, 0.1) is 11.6 Å². The number of hydrogen-bond donors (Lipinski definition) is 1. The molecule has 130 valence electrons. The number of methoxy groups -OCH3 is 2. The van der Waals surface area contributed by atoms with Gasteiger partial charge in [0.25, 0.3) is 5.88 Å². The molecule has 0 saturated carbocycles. The Morgan fingerprint density at radius 2 is 1.80 bits per heavy atom. The molecule has 0 bridgehead atoms. The molecule has 0 aliphatic carbocycles. The Kier molecular flexibility index (Phi) is 4.51. The van der Waals surface area contributed by atoms with Crippen LogP contribution in [0.3, 0.4) is 0 Å². The van der Waals surface area contributed by atoms with Crippen LogP contribution >= 0.6 is 0 Å². The molecule has 3 rings (SSSR count). The van der Waals surface area contributed by atoms with E-state index in [2.05, 4.69) is 15.3 Å². The van der Waals surface area contributed by atoms with Crippen LogP contribution in [0.25, 0.3) is 11.0 Å². The van der Waals surface area contributed by atoms with Gasteiger partial charge in [-0.15, -0.1) is 0 Å². The van der Waals surface area contributed by atoms with Gasteiger partial charge >= 0.3 is 0 Å². The molecule has 2 heterocycles. The maximum atomic E-state index is 14.3. The van der Waals surface area contributed by atoms with E-state index in [1.54, 1.807) is 13.1 Å². The molecule has 0 radical (unpaired) electrons. The van der Waals surface area contributed by atoms with Crippen molar-refractivity contribution in [2.24, 2.45) is 0 Å². The molecule has 25 heavy (non-hydrogen) atoms. The van der Waals surface area contributed by atoms with Gasteiger partial charge in [0.2, 0.25) is 0 Å². The highest BCUT2D eigenvalue weighted by atomic mass is 19.1. The Morgan fingerprint density at radius 3 is 2.44 bits per heavy atom. The van der Waals surface area contributed by atoms with Gasteiger partial charge in [-0.05, 0) is 12.1 Å². The van der Waals surface area contributed by atoms with Crippen molar-refractivity contribution in [2.75, 3.05) is 26.6 Å². The van der Waals surface area contributed by atoms with Crippen molar-refractivity contribution in [3.63, 3.8) is 0 Å². The van der Waals surface area contributed by atoms with E-state index in [0.717, 1.165) is 6.20 Å². The summed E-state index contributed by atoms with van der Waals surface area (Å²) in [5.41, 5.74) is 0.977. The predicted molar refractivity (Wildman–Crippen MR) is 88.6 cm³/mol. The maximum Gasteiger partial charge on any atom is 0.257 e. The van der Waals surface area contributed by atoms with Crippen LogP contribution in [0.15, 0.2) is 30.5 Å². The predicted octanol–water partition coefficient (Wildman–Crippen LogP) is 3.76. The quantitative estimate of drug-likeness (QED) is 0.758. The molecule has 2 aromatic heterocycles. The average molecular weight is 347 g/mol. The van der Waals surface area contributed by atoms with Crippen molar-refractivity contribution in [2.45, 2.75) is 0 Å². The Morgan fingerprint density at radius 1 is 1.00 bits per heavy atom. The third kappa shape index (κ3) is 3.10. The second-order valence-corrected chi connectivity index (χ2v) is 5.00. The van der Waals surface area contributed by atoms with E-state index in [9.17, 15) is 8.78 Å². The van der Waals surface area contributed by atoms with E-state index in [1.165, 1.54) is 32.4 Å². The number of anilines is 1. The summed E-state index contributed by atoms with van der Waals surface area (Å²) in [5.74, 6) is -1.33. The van der Waals surface area contributed by atoms with Gasteiger partial charge in [0, 0.05) is 24.9 Å². The second kappa shape index (κ2) is 6.76. The van der Waals surface area contributed by atoms with Crippen LogP contribution in [-0.2, 0) is 0 Å². The van der Waals surface area contributed by atoms with Crippen LogP contribution in [0.4, 0.5) is 14.5 Å². The highest BCUT2D eigenvalue weighted by molar-refractivity contribution is 5.83. The van der Waals surface area contributed by atoms with E-state index < -0.39 is 11.6 Å².